The molecule has 1 aliphatic heterocycles. The highest BCUT2D eigenvalue weighted by atomic mass is 16.6. The van der Waals surface area contributed by atoms with Crippen LogP contribution in [0.3, 0.4) is 0 Å². The van der Waals surface area contributed by atoms with Crippen molar-refractivity contribution in [2.24, 2.45) is 28.6 Å². The third kappa shape index (κ3) is 2.05. The molecule has 156 valence electrons. The summed E-state index contributed by atoms with van der Waals surface area (Å²) in [7, 11) is 0. The number of hydrogen-bond donors (Lipinski definition) is 1. The fourth-order valence-electron chi connectivity index (χ4n) is 8.72. The molecule has 1 saturated heterocycles. The lowest BCUT2D eigenvalue weighted by atomic mass is 9.44. The molecule has 0 aromatic carbocycles. The standard InChI is InChI=1S/C23H34O5/c1-13(24)22(27-14(2)25)10-7-18-16-11-19-23(28-19)12-15(26)5-8-21(23,4)17(16)6-9-20(18,22)3/h15-19,26H,5-12H2,1-4H3/t15-,16+,17-,18-,19-,20-,21+,22-,23-/m0/s1. The third-order valence-corrected chi connectivity index (χ3v) is 10.1. The van der Waals surface area contributed by atoms with Crippen molar-refractivity contribution in [1.29, 1.82) is 0 Å². The van der Waals surface area contributed by atoms with E-state index in [1.807, 2.05) is 0 Å². The molecule has 5 rings (SSSR count). The van der Waals surface area contributed by atoms with Crippen LogP contribution in [-0.2, 0) is 19.1 Å². The zero-order valence-electron chi connectivity index (χ0n) is 17.6. The summed E-state index contributed by atoms with van der Waals surface area (Å²) in [5.41, 5.74) is -1.25. The van der Waals surface area contributed by atoms with Gasteiger partial charge in [-0.2, -0.15) is 0 Å². The molecule has 0 bridgehead atoms. The van der Waals surface area contributed by atoms with Crippen LogP contribution in [0.1, 0.15) is 79.1 Å². The molecule has 28 heavy (non-hydrogen) atoms. The molecule has 9 atom stereocenters. The minimum atomic E-state index is -0.961. The Morgan fingerprint density at radius 1 is 1.00 bits per heavy atom. The van der Waals surface area contributed by atoms with E-state index in [4.69, 9.17) is 9.47 Å². The van der Waals surface area contributed by atoms with Gasteiger partial charge in [0.05, 0.1) is 12.2 Å². The van der Waals surface area contributed by atoms with Gasteiger partial charge >= 0.3 is 5.97 Å². The van der Waals surface area contributed by atoms with Gasteiger partial charge in [-0.1, -0.05) is 13.8 Å². The van der Waals surface area contributed by atoms with Gasteiger partial charge in [-0.15, -0.1) is 0 Å². The van der Waals surface area contributed by atoms with Crippen molar-refractivity contribution in [2.45, 2.75) is 102 Å². The largest absolute Gasteiger partial charge is 0.451 e. The predicted octanol–water partition coefficient (Wildman–Crippen LogP) is 3.41. The van der Waals surface area contributed by atoms with E-state index in [1.54, 1.807) is 6.92 Å². The summed E-state index contributed by atoms with van der Waals surface area (Å²) in [5, 5.41) is 10.3. The maximum Gasteiger partial charge on any atom is 0.303 e. The van der Waals surface area contributed by atoms with Crippen LogP contribution in [0, 0.1) is 28.6 Å². The number of Topliss-reactive ketones (excluding diaryl/α,β-unsaturated/α-hetero) is 1. The zero-order valence-corrected chi connectivity index (χ0v) is 17.6. The molecule has 0 aromatic rings. The Kier molecular flexibility index (Phi) is 3.81. The molecular weight excluding hydrogens is 356 g/mol. The van der Waals surface area contributed by atoms with E-state index >= 15 is 0 Å². The number of ether oxygens (including phenoxy) is 2. The molecule has 0 radical (unpaired) electrons. The van der Waals surface area contributed by atoms with Gasteiger partial charge in [0.25, 0.3) is 0 Å². The summed E-state index contributed by atoms with van der Waals surface area (Å²) >= 11 is 0. The molecule has 0 amide bonds. The number of aliphatic hydroxyl groups excluding tert-OH is 1. The topological polar surface area (TPSA) is 76.1 Å². The first kappa shape index (κ1) is 19.0. The highest BCUT2D eigenvalue weighted by Gasteiger charge is 2.77. The third-order valence-electron chi connectivity index (χ3n) is 10.1. The average molecular weight is 391 g/mol. The Balaban J connectivity index is 1.51. The maximum atomic E-state index is 12.8. The molecule has 5 fully saturated rings. The van der Waals surface area contributed by atoms with Gasteiger partial charge in [-0.05, 0) is 69.6 Å². The summed E-state index contributed by atoms with van der Waals surface area (Å²) in [5.74, 6) is 1.13. The number of epoxide rings is 1. The van der Waals surface area contributed by atoms with Gasteiger partial charge in [0, 0.05) is 24.2 Å². The molecule has 5 nitrogen and oxygen atoms in total. The number of carbonyl (C=O) groups excluding carboxylic acids is 2. The quantitative estimate of drug-likeness (QED) is 0.578. The van der Waals surface area contributed by atoms with Crippen LogP contribution in [0.25, 0.3) is 0 Å². The lowest BCUT2D eigenvalue weighted by Crippen LogP contribution is -2.61. The van der Waals surface area contributed by atoms with Crippen molar-refractivity contribution in [1.82, 2.24) is 0 Å². The van der Waals surface area contributed by atoms with Crippen LogP contribution in [0.2, 0.25) is 0 Å². The maximum absolute atomic E-state index is 12.8. The number of aliphatic hydroxyl groups is 1. The van der Waals surface area contributed by atoms with E-state index in [9.17, 15) is 14.7 Å². The lowest BCUT2D eigenvalue weighted by Gasteiger charge is -2.60. The van der Waals surface area contributed by atoms with Crippen LogP contribution in [0.4, 0.5) is 0 Å². The molecule has 4 saturated carbocycles. The zero-order chi connectivity index (χ0) is 20.1. The second-order valence-electron chi connectivity index (χ2n) is 10.9. The van der Waals surface area contributed by atoms with Crippen LogP contribution < -0.4 is 0 Å². The number of rotatable bonds is 2. The minimum Gasteiger partial charge on any atom is -0.451 e. The van der Waals surface area contributed by atoms with Crippen molar-refractivity contribution in [3.05, 3.63) is 0 Å². The van der Waals surface area contributed by atoms with E-state index in [0.29, 0.717) is 24.2 Å². The smallest absolute Gasteiger partial charge is 0.303 e. The van der Waals surface area contributed by atoms with E-state index in [2.05, 4.69) is 13.8 Å². The van der Waals surface area contributed by atoms with Crippen molar-refractivity contribution in [2.75, 3.05) is 0 Å². The van der Waals surface area contributed by atoms with Crippen molar-refractivity contribution < 1.29 is 24.2 Å². The van der Waals surface area contributed by atoms with Crippen molar-refractivity contribution in [3.8, 4) is 0 Å². The van der Waals surface area contributed by atoms with E-state index in [-0.39, 0.29) is 40.4 Å². The van der Waals surface area contributed by atoms with Gasteiger partial charge in [-0.3, -0.25) is 9.59 Å². The normalized spacial score (nSPS) is 56.7. The Hall–Kier alpha value is -0.940. The number of fused-ring (bicyclic) bond motifs is 4. The van der Waals surface area contributed by atoms with Crippen LogP contribution >= 0.6 is 0 Å². The predicted molar refractivity (Wildman–Crippen MR) is 102 cm³/mol. The van der Waals surface area contributed by atoms with Gasteiger partial charge in [-0.25, -0.2) is 0 Å². The first-order valence-corrected chi connectivity index (χ1v) is 11.2. The minimum absolute atomic E-state index is 0.00554. The Labute approximate surface area is 167 Å². The highest BCUT2D eigenvalue weighted by Crippen LogP contribution is 2.74. The summed E-state index contributed by atoms with van der Waals surface area (Å²) in [6, 6.07) is 0. The molecule has 1 N–H and O–H groups in total. The Morgan fingerprint density at radius 3 is 2.32 bits per heavy atom. The molecule has 5 aliphatic rings. The Bertz CT molecular complexity index is 735. The molecule has 1 spiro atoms. The SMILES string of the molecule is CC(=O)O[C@]1(C(C)=O)CC[C@H]2[C@@H]3C[C@@H]4O[C@@]45C[C@@H](O)CC[C@]5(C)[C@H]3CC[C@@]21C. The molecule has 5 heteroatoms. The number of hydrogen-bond acceptors (Lipinski definition) is 5. The Morgan fingerprint density at radius 2 is 1.64 bits per heavy atom. The monoisotopic (exact) mass is 390 g/mol. The average Bonchev–Trinajstić information content (AvgIpc) is 3.21. The fraction of sp³-hybridized carbons (Fsp3) is 0.913. The number of esters is 1. The summed E-state index contributed by atoms with van der Waals surface area (Å²) < 4.78 is 12.2. The van der Waals surface area contributed by atoms with Gasteiger partial charge < -0.3 is 14.6 Å². The van der Waals surface area contributed by atoms with Crippen LogP contribution in [0.15, 0.2) is 0 Å². The summed E-state index contributed by atoms with van der Waals surface area (Å²) in [6.45, 7) is 7.63. The van der Waals surface area contributed by atoms with Crippen LogP contribution in [-0.4, -0.2) is 40.3 Å². The molecule has 1 heterocycles. The van der Waals surface area contributed by atoms with Gasteiger partial charge in [0.1, 0.15) is 5.60 Å². The van der Waals surface area contributed by atoms with Crippen molar-refractivity contribution >= 4 is 11.8 Å². The van der Waals surface area contributed by atoms with E-state index in [0.717, 1.165) is 44.9 Å². The molecular formula is C23H34O5. The molecule has 4 aliphatic carbocycles. The van der Waals surface area contributed by atoms with E-state index in [1.165, 1.54) is 6.92 Å². The number of carbonyl (C=O) groups is 2. The number of ketones is 1. The summed E-state index contributed by atoms with van der Waals surface area (Å²) in [4.78, 5) is 24.7. The first-order valence-electron chi connectivity index (χ1n) is 11.2. The molecule has 0 aromatic heterocycles. The first-order chi connectivity index (χ1) is 13.1. The second kappa shape index (κ2) is 5.60. The van der Waals surface area contributed by atoms with Gasteiger partial charge in [0.15, 0.2) is 11.4 Å². The van der Waals surface area contributed by atoms with Gasteiger partial charge in [0.2, 0.25) is 0 Å². The molecule has 0 unspecified atom stereocenters. The highest BCUT2D eigenvalue weighted by molar-refractivity contribution is 5.89. The van der Waals surface area contributed by atoms with Crippen LogP contribution in [0.5, 0.6) is 0 Å². The van der Waals surface area contributed by atoms with Crippen molar-refractivity contribution in [3.63, 3.8) is 0 Å². The fourth-order valence-corrected chi connectivity index (χ4v) is 8.72. The van der Waals surface area contributed by atoms with E-state index < -0.39 is 5.60 Å². The lowest BCUT2D eigenvalue weighted by molar-refractivity contribution is -0.190. The second-order valence-corrected chi connectivity index (χ2v) is 10.9. The summed E-state index contributed by atoms with van der Waals surface area (Å²) in [6.07, 6.45) is 7.29.